The largest absolute Gasteiger partial charge is 0.467 e. The van der Waals surface area contributed by atoms with Gasteiger partial charge in [0.25, 0.3) is 5.91 Å². The lowest BCUT2D eigenvalue weighted by Gasteiger charge is -2.23. The van der Waals surface area contributed by atoms with Crippen molar-refractivity contribution in [3.63, 3.8) is 0 Å². The first-order valence-electron chi connectivity index (χ1n) is 9.10. The number of halogens is 2. The predicted octanol–water partition coefficient (Wildman–Crippen LogP) is 3.96. The molecule has 1 aliphatic heterocycles. The third kappa shape index (κ3) is 4.12. The number of carbonyl (C=O) groups excluding carboxylic acids is 1. The summed E-state index contributed by atoms with van der Waals surface area (Å²) in [4.78, 5) is 14.7. The lowest BCUT2D eigenvalue weighted by molar-refractivity contribution is -0.134. The molecule has 0 fully saturated rings. The summed E-state index contributed by atoms with van der Waals surface area (Å²) < 4.78 is 37.4. The number of hydrazone groups is 1. The summed E-state index contributed by atoms with van der Waals surface area (Å²) in [6.45, 7) is 0.335. The minimum Gasteiger partial charge on any atom is -0.467 e. The van der Waals surface area contributed by atoms with Crippen LogP contribution in [0.15, 0.2) is 68.9 Å². The Kier molecular flexibility index (Phi) is 5.26. The maximum absolute atomic E-state index is 13.4. The molecule has 0 saturated carbocycles. The molecule has 0 saturated heterocycles. The van der Waals surface area contributed by atoms with Crippen molar-refractivity contribution in [3.05, 3.63) is 83.7 Å². The molecule has 0 aliphatic carbocycles. The van der Waals surface area contributed by atoms with E-state index in [1.54, 1.807) is 48.7 Å². The van der Waals surface area contributed by atoms with Gasteiger partial charge in [-0.05, 0) is 49.0 Å². The van der Waals surface area contributed by atoms with Gasteiger partial charge < -0.3 is 8.83 Å². The van der Waals surface area contributed by atoms with Gasteiger partial charge in [0.05, 0.1) is 19.1 Å². The lowest BCUT2D eigenvalue weighted by atomic mass is 10.1. The van der Waals surface area contributed by atoms with Crippen molar-refractivity contribution in [2.75, 3.05) is 13.6 Å². The number of carbonyl (C=O) groups is 1. The maximum Gasteiger partial charge on any atom is 0.257 e. The average Bonchev–Trinajstić information content (AvgIpc) is 3.45. The molecular formula is C21H19F2N3O3. The average molecular weight is 399 g/mol. The number of furan rings is 2. The summed E-state index contributed by atoms with van der Waals surface area (Å²) in [7, 11) is 1.73. The van der Waals surface area contributed by atoms with E-state index < -0.39 is 11.6 Å². The molecule has 0 bridgehead atoms. The highest BCUT2D eigenvalue weighted by Gasteiger charge is 2.35. The van der Waals surface area contributed by atoms with Gasteiger partial charge in [0.2, 0.25) is 0 Å². The molecule has 3 heterocycles. The molecule has 0 radical (unpaired) electrons. The second kappa shape index (κ2) is 8.00. The number of hydrogen-bond acceptors (Lipinski definition) is 5. The molecule has 0 N–H and O–H groups in total. The highest BCUT2D eigenvalue weighted by atomic mass is 19.2. The third-order valence-corrected chi connectivity index (χ3v) is 4.68. The van der Waals surface area contributed by atoms with Crippen LogP contribution in [0.1, 0.15) is 29.5 Å². The molecule has 3 aromatic rings. The molecule has 1 amide bonds. The molecule has 29 heavy (non-hydrogen) atoms. The quantitative estimate of drug-likeness (QED) is 0.630. The van der Waals surface area contributed by atoms with Crippen LogP contribution in [0.4, 0.5) is 8.78 Å². The van der Waals surface area contributed by atoms with E-state index in [9.17, 15) is 13.6 Å². The minimum atomic E-state index is -0.910. The highest BCUT2D eigenvalue weighted by molar-refractivity contribution is 6.01. The second-order valence-electron chi connectivity index (χ2n) is 6.92. The van der Waals surface area contributed by atoms with Gasteiger partial charge >= 0.3 is 0 Å². The molecule has 8 heteroatoms. The zero-order valence-corrected chi connectivity index (χ0v) is 15.7. The SMILES string of the molecule is CN(CC(=O)N1N=C(c2ccco2)CC1c1ccco1)Cc1ccc(F)c(F)c1. The highest BCUT2D eigenvalue weighted by Crippen LogP contribution is 2.33. The van der Waals surface area contributed by atoms with E-state index in [4.69, 9.17) is 8.83 Å². The van der Waals surface area contributed by atoms with E-state index in [1.165, 1.54) is 11.1 Å². The summed E-state index contributed by atoms with van der Waals surface area (Å²) in [6.07, 6.45) is 3.58. The Bertz CT molecular complexity index is 1020. The van der Waals surface area contributed by atoms with Gasteiger partial charge in [0.1, 0.15) is 23.3 Å². The second-order valence-corrected chi connectivity index (χ2v) is 6.92. The molecule has 150 valence electrons. The first kappa shape index (κ1) is 19.1. The molecule has 1 unspecified atom stereocenters. The van der Waals surface area contributed by atoms with Crippen LogP contribution >= 0.6 is 0 Å². The van der Waals surface area contributed by atoms with Gasteiger partial charge in [-0.15, -0.1) is 0 Å². The number of hydrogen-bond donors (Lipinski definition) is 0. The van der Waals surface area contributed by atoms with E-state index in [1.807, 2.05) is 0 Å². The van der Waals surface area contributed by atoms with Gasteiger partial charge in [0, 0.05) is 13.0 Å². The van der Waals surface area contributed by atoms with E-state index in [0.29, 0.717) is 29.2 Å². The van der Waals surface area contributed by atoms with Crippen molar-refractivity contribution in [1.82, 2.24) is 9.91 Å². The van der Waals surface area contributed by atoms with Crippen LogP contribution in [0.25, 0.3) is 0 Å². The van der Waals surface area contributed by atoms with Crippen LogP contribution in [0.3, 0.4) is 0 Å². The zero-order chi connectivity index (χ0) is 20.4. The van der Waals surface area contributed by atoms with Gasteiger partial charge in [-0.25, -0.2) is 13.8 Å². The lowest BCUT2D eigenvalue weighted by Crippen LogP contribution is -2.36. The van der Waals surface area contributed by atoms with Crippen LogP contribution in [0.5, 0.6) is 0 Å². The fraction of sp³-hybridized carbons (Fsp3) is 0.238. The normalized spacial score (nSPS) is 16.5. The maximum atomic E-state index is 13.4. The summed E-state index contributed by atoms with van der Waals surface area (Å²) in [5, 5.41) is 5.87. The Morgan fingerprint density at radius 3 is 2.66 bits per heavy atom. The molecule has 4 rings (SSSR count). The van der Waals surface area contributed by atoms with Crippen LogP contribution in [-0.2, 0) is 11.3 Å². The summed E-state index contributed by atoms with van der Waals surface area (Å²) in [5.41, 5.74) is 1.23. The van der Waals surface area contributed by atoms with Crippen molar-refractivity contribution >= 4 is 11.6 Å². The molecular weight excluding hydrogens is 380 g/mol. The van der Waals surface area contributed by atoms with E-state index in [0.717, 1.165) is 12.1 Å². The molecule has 1 aliphatic rings. The Hall–Kier alpha value is -3.26. The van der Waals surface area contributed by atoms with E-state index in [2.05, 4.69) is 5.10 Å². The van der Waals surface area contributed by atoms with Crippen LogP contribution in [0, 0.1) is 11.6 Å². The van der Waals surface area contributed by atoms with Crippen molar-refractivity contribution in [2.24, 2.45) is 5.10 Å². The number of rotatable bonds is 6. The first-order valence-corrected chi connectivity index (χ1v) is 9.10. The van der Waals surface area contributed by atoms with Crippen LogP contribution < -0.4 is 0 Å². The molecule has 2 aromatic heterocycles. The van der Waals surface area contributed by atoms with Crippen molar-refractivity contribution in [3.8, 4) is 0 Å². The van der Waals surface area contributed by atoms with Crippen LogP contribution in [-0.4, -0.2) is 35.1 Å². The Morgan fingerprint density at radius 1 is 1.17 bits per heavy atom. The summed E-state index contributed by atoms with van der Waals surface area (Å²) >= 11 is 0. The monoisotopic (exact) mass is 399 g/mol. The number of benzene rings is 1. The summed E-state index contributed by atoms with van der Waals surface area (Å²) in [5.74, 6) is -0.810. The van der Waals surface area contributed by atoms with Crippen molar-refractivity contribution < 1.29 is 22.4 Å². The molecule has 1 aromatic carbocycles. The Morgan fingerprint density at radius 2 is 1.97 bits per heavy atom. The number of nitrogens with zero attached hydrogens (tertiary/aromatic N) is 3. The van der Waals surface area contributed by atoms with Gasteiger partial charge in [-0.2, -0.15) is 5.10 Å². The standard InChI is InChI=1S/C21H19F2N3O3/c1-25(12-14-6-7-15(22)16(23)10-14)13-21(27)26-18(20-5-3-9-29-20)11-17(24-26)19-4-2-8-28-19/h2-10,18H,11-13H2,1H3. The predicted molar refractivity (Wildman–Crippen MR) is 101 cm³/mol. The zero-order valence-electron chi connectivity index (χ0n) is 15.7. The van der Waals surface area contributed by atoms with Gasteiger partial charge in [0.15, 0.2) is 11.6 Å². The minimum absolute atomic E-state index is 0.0468. The fourth-order valence-electron chi connectivity index (χ4n) is 3.34. The Balaban J connectivity index is 1.49. The van der Waals surface area contributed by atoms with E-state index in [-0.39, 0.29) is 25.0 Å². The van der Waals surface area contributed by atoms with Gasteiger partial charge in [-0.3, -0.25) is 9.69 Å². The third-order valence-electron chi connectivity index (χ3n) is 4.68. The number of amides is 1. The van der Waals surface area contributed by atoms with Gasteiger partial charge in [-0.1, -0.05) is 6.07 Å². The molecule has 1 atom stereocenters. The number of likely N-dealkylation sites (N-methyl/N-ethyl adjacent to an activating group) is 1. The van der Waals surface area contributed by atoms with Crippen molar-refractivity contribution in [1.29, 1.82) is 0 Å². The van der Waals surface area contributed by atoms with Crippen LogP contribution in [0.2, 0.25) is 0 Å². The smallest absolute Gasteiger partial charge is 0.257 e. The molecule has 6 nitrogen and oxygen atoms in total. The topological polar surface area (TPSA) is 62.2 Å². The fourth-order valence-corrected chi connectivity index (χ4v) is 3.34. The van der Waals surface area contributed by atoms with Crippen molar-refractivity contribution in [2.45, 2.75) is 19.0 Å². The Labute approximate surface area is 166 Å². The van der Waals surface area contributed by atoms with E-state index >= 15 is 0 Å². The molecule has 0 spiro atoms. The first-order chi connectivity index (χ1) is 14.0. The summed E-state index contributed by atoms with van der Waals surface area (Å²) in [6, 6.07) is 10.5.